The van der Waals surface area contributed by atoms with E-state index in [0.717, 1.165) is 33.9 Å². The fraction of sp³-hybridized carbons (Fsp3) is 0.115. The first-order valence-corrected chi connectivity index (χ1v) is 11.3. The zero-order valence-electron chi connectivity index (χ0n) is 19.4. The topological polar surface area (TPSA) is 128 Å². The largest absolute Gasteiger partial charge is 0.508 e. The summed E-state index contributed by atoms with van der Waals surface area (Å²) in [5, 5.41) is 21.5. The summed E-state index contributed by atoms with van der Waals surface area (Å²) >= 11 is 0. The van der Waals surface area contributed by atoms with Gasteiger partial charge in [-0.1, -0.05) is 0 Å². The van der Waals surface area contributed by atoms with Crippen molar-refractivity contribution in [3.63, 3.8) is 0 Å². The summed E-state index contributed by atoms with van der Waals surface area (Å²) in [7, 11) is 0. The van der Waals surface area contributed by atoms with E-state index in [1.54, 1.807) is 31.0 Å². The van der Waals surface area contributed by atoms with Crippen molar-refractivity contribution in [3.05, 3.63) is 67.1 Å². The minimum Gasteiger partial charge on any atom is -0.508 e. The van der Waals surface area contributed by atoms with E-state index in [4.69, 9.17) is 4.98 Å². The van der Waals surface area contributed by atoms with Gasteiger partial charge in [0, 0.05) is 47.2 Å². The number of benzene rings is 1. The summed E-state index contributed by atoms with van der Waals surface area (Å²) in [6, 6.07) is 8.10. The van der Waals surface area contributed by atoms with E-state index in [-0.39, 0.29) is 11.8 Å². The molecule has 0 aliphatic carbocycles. The lowest BCUT2D eigenvalue weighted by atomic mass is 10.1. The number of pyridine rings is 3. The zero-order valence-corrected chi connectivity index (χ0v) is 19.4. The average Bonchev–Trinajstić information content (AvgIpc) is 3.46. The molecule has 0 aliphatic heterocycles. The Morgan fingerprint density at radius 1 is 0.917 bits per heavy atom. The lowest BCUT2D eigenvalue weighted by Crippen LogP contribution is -2.09. The van der Waals surface area contributed by atoms with Crippen LogP contribution in [0.3, 0.4) is 0 Å². The van der Waals surface area contributed by atoms with Crippen LogP contribution in [-0.2, 0) is 0 Å². The Bertz CT molecular complexity index is 1720. The fourth-order valence-corrected chi connectivity index (χ4v) is 4.23. The number of hydrogen-bond donors (Lipinski definition) is 4. The molecule has 0 saturated heterocycles. The van der Waals surface area contributed by atoms with E-state index < -0.39 is 5.82 Å². The SMILES string of the molecule is CC(C)Nc1cncc(-c2cc3c(-c4nc5c(-c6cc(O)cc(F)c6)cncc5[nH]4)n[nH]c3cn2)c1. The van der Waals surface area contributed by atoms with Crippen molar-refractivity contribution in [2.75, 3.05) is 5.32 Å². The van der Waals surface area contributed by atoms with Crippen LogP contribution in [0, 0.1) is 5.82 Å². The molecule has 0 amide bonds. The van der Waals surface area contributed by atoms with Crippen LogP contribution in [0.4, 0.5) is 10.1 Å². The lowest BCUT2D eigenvalue weighted by Gasteiger charge is -2.10. The average molecular weight is 481 g/mol. The first-order chi connectivity index (χ1) is 17.4. The molecule has 36 heavy (non-hydrogen) atoms. The van der Waals surface area contributed by atoms with Crippen LogP contribution in [0.15, 0.2) is 61.3 Å². The van der Waals surface area contributed by atoms with Crippen molar-refractivity contribution in [1.82, 2.24) is 35.1 Å². The van der Waals surface area contributed by atoms with Gasteiger partial charge < -0.3 is 15.4 Å². The molecule has 4 N–H and O–H groups in total. The minimum atomic E-state index is -0.543. The maximum absolute atomic E-state index is 13.9. The number of aromatic nitrogens is 7. The van der Waals surface area contributed by atoms with Gasteiger partial charge in [-0.25, -0.2) is 9.37 Å². The van der Waals surface area contributed by atoms with E-state index in [1.807, 2.05) is 12.1 Å². The highest BCUT2D eigenvalue weighted by molar-refractivity contribution is 5.97. The van der Waals surface area contributed by atoms with Crippen molar-refractivity contribution in [2.24, 2.45) is 0 Å². The van der Waals surface area contributed by atoms with Gasteiger partial charge >= 0.3 is 0 Å². The smallest absolute Gasteiger partial charge is 0.159 e. The van der Waals surface area contributed by atoms with E-state index >= 15 is 0 Å². The summed E-state index contributed by atoms with van der Waals surface area (Å²) in [5.41, 5.74) is 6.22. The summed E-state index contributed by atoms with van der Waals surface area (Å²) < 4.78 is 13.9. The van der Waals surface area contributed by atoms with Crippen LogP contribution < -0.4 is 5.32 Å². The molecule has 0 saturated carbocycles. The molecule has 1 aromatic carbocycles. The Morgan fingerprint density at radius 3 is 2.61 bits per heavy atom. The number of halogens is 1. The number of hydrogen-bond acceptors (Lipinski definition) is 7. The molecular weight excluding hydrogens is 459 g/mol. The van der Waals surface area contributed by atoms with Gasteiger partial charge in [-0.15, -0.1) is 0 Å². The first kappa shape index (κ1) is 21.7. The van der Waals surface area contributed by atoms with Gasteiger partial charge in [0.05, 0.1) is 40.3 Å². The Balaban J connectivity index is 1.45. The lowest BCUT2D eigenvalue weighted by molar-refractivity contribution is 0.469. The standard InChI is InChI=1S/C26H21FN8O/c1-13(2)31-17-4-15(8-28-9-17)21-7-19-22(12-30-21)34-35-25(19)26-32-23-11-29-10-20(24(23)33-26)14-3-16(27)6-18(36)5-14/h3-13,31,36H,1-2H3,(H,32,33)(H,34,35). The van der Waals surface area contributed by atoms with Gasteiger partial charge in [-0.3, -0.25) is 20.1 Å². The van der Waals surface area contributed by atoms with Gasteiger partial charge in [0.25, 0.3) is 0 Å². The van der Waals surface area contributed by atoms with Gasteiger partial charge in [-0.2, -0.15) is 5.10 Å². The minimum absolute atomic E-state index is 0.168. The van der Waals surface area contributed by atoms with Crippen LogP contribution in [0.1, 0.15) is 13.8 Å². The summed E-state index contributed by atoms with van der Waals surface area (Å²) in [6.07, 6.45) is 8.53. The van der Waals surface area contributed by atoms with Crippen LogP contribution in [-0.4, -0.2) is 46.3 Å². The third kappa shape index (κ3) is 3.88. The Labute approximate surface area is 204 Å². The van der Waals surface area contributed by atoms with Crippen molar-refractivity contribution < 1.29 is 9.50 Å². The normalized spacial score (nSPS) is 11.6. The second-order valence-corrected chi connectivity index (χ2v) is 8.82. The van der Waals surface area contributed by atoms with Crippen molar-refractivity contribution in [2.45, 2.75) is 19.9 Å². The number of imidazole rings is 1. The summed E-state index contributed by atoms with van der Waals surface area (Å²) in [4.78, 5) is 21.2. The van der Waals surface area contributed by atoms with Crippen molar-refractivity contribution in [1.29, 1.82) is 0 Å². The number of phenols is 1. The Hall–Kier alpha value is -4.86. The van der Waals surface area contributed by atoms with Crippen molar-refractivity contribution >= 4 is 27.6 Å². The predicted molar refractivity (Wildman–Crippen MR) is 136 cm³/mol. The maximum Gasteiger partial charge on any atom is 0.159 e. The highest BCUT2D eigenvalue weighted by Gasteiger charge is 2.17. The third-order valence-corrected chi connectivity index (χ3v) is 5.75. The zero-order chi connectivity index (χ0) is 24.8. The molecule has 0 atom stereocenters. The van der Waals surface area contributed by atoms with Crippen LogP contribution in [0.5, 0.6) is 5.75 Å². The van der Waals surface area contributed by atoms with Crippen molar-refractivity contribution in [3.8, 4) is 39.7 Å². The molecule has 0 fully saturated rings. The molecule has 0 radical (unpaired) electrons. The molecule has 0 unspecified atom stereocenters. The number of nitrogens with one attached hydrogen (secondary N) is 3. The number of anilines is 1. The second kappa shape index (κ2) is 8.42. The van der Waals surface area contributed by atoms with E-state index in [1.165, 1.54) is 12.1 Å². The molecule has 10 heteroatoms. The number of aromatic hydroxyl groups is 1. The van der Waals surface area contributed by atoms with Gasteiger partial charge in [0.15, 0.2) is 5.82 Å². The van der Waals surface area contributed by atoms with Crippen LogP contribution in [0.2, 0.25) is 0 Å². The second-order valence-electron chi connectivity index (χ2n) is 8.82. The van der Waals surface area contributed by atoms with E-state index in [0.29, 0.717) is 33.7 Å². The predicted octanol–water partition coefficient (Wildman–Crippen LogP) is 5.29. The molecule has 6 aromatic rings. The number of H-pyrrole nitrogens is 2. The molecule has 9 nitrogen and oxygen atoms in total. The van der Waals surface area contributed by atoms with Crippen LogP contribution >= 0.6 is 0 Å². The monoisotopic (exact) mass is 480 g/mol. The van der Waals surface area contributed by atoms with E-state index in [2.05, 4.69) is 49.3 Å². The Morgan fingerprint density at radius 2 is 1.78 bits per heavy atom. The van der Waals surface area contributed by atoms with E-state index in [9.17, 15) is 9.50 Å². The Kier molecular flexibility index (Phi) is 5.06. The quantitative estimate of drug-likeness (QED) is 0.264. The van der Waals surface area contributed by atoms with Gasteiger partial charge in [-0.05, 0) is 43.7 Å². The van der Waals surface area contributed by atoms with Crippen LogP contribution in [0.25, 0.3) is 55.8 Å². The highest BCUT2D eigenvalue weighted by Crippen LogP contribution is 2.33. The molecule has 0 spiro atoms. The number of nitrogens with zero attached hydrogens (tertiary/aromatic N) is 5. The third-order valence-electron chi connectivity index (χ3n) is 5.75. The summed E-state index contributed by atoms with van der Waals surface area (Å²) in [5.74, 6) is -0.187. The first-order valence-electron chi connectivity index (χ1n) is 11.3. The van der Waals surface area contributed by atoms with Gasteiger partial charge in [0.1, 0.15) is 17.3 Å². The molecule has 5 heterocycles. The molecule has 6 rings (SSSR count). The summed E-state index contributed by atoms with van der Waals surface area (Å²) in [6.45, 7) is 4.14. The maximum atomic E-state index is 13.9. The number of fused-ring (bicyclic) bond motifs is 2. The number of phenolic OH excluding ortho intramolecular Hbond substituents is 1. The molecule has 5 aromatic heterocycles. The number of rotatable bonds is 5. The number of aromatic amines is 2. The van der Waals surface area contributed by atoms with Gasteiger partial charge in [0.2, 0.25) is 0 Å². The molecule has 178 valence electrons. The fourth-order valence-electron chi connectivity index (χ4n) is 4.23. The molecular formula is C26H21FN8O. The highest BCUT2D eigenvalue weighted by atomic mass is 19.1. The molecule has 0 bridgehead atoms. The molecule has 0 aliphatic rings.